The highest BCUT2D eigenvalue weighted by atomic mass is 79.9. The fourth-order valence-electron chi connectivity index (χ4n) is 2.11. The Morgan fingerprint density at radius 1 is 1.14 bits per heavy atom. The topological polar surface area (TPSA) is 55.1 Å². The van der Waals surface area contributed by atoms with E-state index in [2.05, 4.69) is 21.2 Å². The highest BCUT2D eigenvalue weighted by Gasteiger charge is 2.16. The van der Waals surface area contributed by atoms with Crippen LogP contribution in [0.15, 0.2) is 58.4 Å². The zero-order valence-corrected chi connectivity index (χ0v) is 13.4. The first-order valence-electron chi connectivity index (χ1n) is 6.43. The SMILES string of the molecule is NC(C(=O)Nc1ccc2cc(Br)ccc2c1)c1cccs1. The number of hydrogen-bond donors (Lipinski definition) is 2. The summed E-state index contributed by atoms with van der Waals surface area (Å²) in [6, 6.07) is 15.0. The summed E-state index contributed by atoms with van der Waals surface area (Å²) in [4.78, 5) is 13.0. The van der Waals surface area contributed by atoms with Gasteiger partial charge in [0.15, 0.2) is 0 Å². The van der Waals surface area contributed by atoms with E-state index in [1.54, 1.807) is 0 Å². The lowest BCUT2D eigenvalue weighted by molar-refractivity contribution is -0.117. The van der Waals surface area contributed by atoms with Crippen LogP contribution in [-0.4, -0.2) is 5.91 Å². The van der Waals surface area contributed by atoms with Gasteiger partial charge in [0.2, 0.25) is 5.91 Å². The Morgan fingerprint density at radius 3 is 2.67 bits per heavy atom. The van der Waals surface area contributed by atoms with E-state index in [4.69, 9.17) is 5.73 Å². The van der Waals surface area contributed by atoms with Crippen LogP contribution in [0, 0.1) is 0 Å². The van der Waals surface area contributed by atoms with E-state index in [-0.39, 0.29) is 5.91 Å². The fraction of sp³-hybridized carbons (Fsp3) is 0.0625. The highest BCUT2D eigenvalue weighted by Crippen LogP contribution is 2.24. The molecule has 0 aliphatic rings. The van der Waals surface area contributed by atoms with Crippen LogP contribution >= 0.6 is 27.3 Å². The van der Waals surface area contributed by atoms with Crippen molar-refractivity contribution in [3.8, 4) is 0 Å². The number of fused-ring (bicyclic) bond motifs is 1. The van der Waals surface area contributed by atoms with Crippen molar-refractivity contribution < 1.29 is 4.79 Å². The Hall–Kier alpha value is -1.69. The van der Waals surface area contributed by atoms with E-state index in [0.717, 1.165) is 25.8 Å². The van der Waals surface area contributed by atoms with Crippen molar-refractivity contribution in [1.82, 2.24) is 0 Å². The van der Waals surface area contributed by atoms with E-state index in [1.807, 2.05) is 53.9 Å². The minimum Gasteiger partial charge on any atom is -0.324 e. The quantitative estimate of drug-likeness (QED) is 0.731. The maximum Gasteiger partial charge on any atom is 0.246 e. The van der Waals surface area contributed by atoms with Crippen LogP contribution in [0.4, 0.5) is 5.69 Å². The van der Waals surface area contributed by atoms with Crippen molar-refractivity contribution >= 4 is 49.6 Å². The molecule has 3 aromatic rings. The zero-order chi connectivity index (χ0) is 14.8. The minimum absolute atomic E-state index is 0.200. The first-order chi connectivity index (χ1) is 10.1. The lowest BCUT2D eigenvalue weighted by atomic mass is 10.1. The molecule has 1 atom stereocenters. The third-order valence-corrected chi connectivity index (χ3v) is 4.65. The summed E-state index contributed by atoms with van der Waals surface area (Å²) in [6.07, 6.45) is 0. The van der Waals surface area contributed by atoms with Gasteiger partial charge in [-0.2, -0.15) is 0 Å². The number of rotatable bonds is 3. The Morgan fingerprint density at radius 2 is 1.90 bits per heavy atom. The average molecular weight is 361 g/mol. The second kappa shape index (κ2) is 5.97. The first kappa shape index (κ1) is 14.3. The third-order valence-electron chi connectivity index (χ3n) is 3.20. The number of halogens is 1. The summed E-state index contributed by atoms with van der Waals surface area (Å²) in [7, 11) is 0. The highest BCUT2D eigenvalue weighted by molar-refractivity contribution is 9.10. The minimum atomic E-state index is -0.634. The molecule has 1 heterocycles. The number of nitrogens with two attached hydrogens (primary N) is 1. The molecule has 3 rings (SSSR count). The maximum atomic E-state index is 12.2. The lowest BCUT2D eigenvalue weighted by Crippen LogP contribution is -2.26. The molecule has 0 saturated carbocycles. The molecule has 0 spiro atoms. The summed E-state index contributed by atoms with van der Waals surface area (Å²) in [5.41, 5.74) is 6.71. The van der Waals surface area contributed by atoms with Crippen molar-refractivity contribution in [2.75, 3.05) is 5.32 Å². The molecular weight excluding hydrogens is 348 g/mol. The van der Waals surface area contributed by atoms with Crippen LogP contribution in [0.2, 0.25) is 0 Å². The molecule has 3 nitrogen and oxygen atoms in total. The van der Waals surface area contributed by atoms with Crippen molar-refractivity contribution in [3.05, 3.63) is 63.3 Å². The van der Waals surface area contributed by atoms with Crippen LogP contribution in [0.1, 0.15) is 10.9 Å². The van der Waals surface area contributed by atoms with E-state index in [1.165, 1.54) is 11.3 Å². The molecule has 1 amide bonds. The molecule has 0 bridgehead atoms. The predicted octanol–water partition coefficient (Wildman–Crippen LogP) is 4.30. The number of carbonyl (C=O) groups is 1. The monoisotopic (exact) mass is 360 g/mol. The average Bonchev–Trinajstić information content (AvgIpc) is 3.00. The number of hydrogen-bond acceptors (Lipinski definition) is 3. The van der Waals surface area contributed by atoms with Crippen LogP contribution in [-0.2, 0) is 4.79 Å². The summed E-state index contributed by atoms with van der Waals surface area (Å²) >= 11 is 4.93. The molecule has 1 aromatic heterocycles. The summed E-state index contributed by atoms with van der Waals surface area (Å²) in [6.45, 7) is 0. The van der Waals surface area contributed by atoms with Crippen LogP contribution in [0.5, 0.6) is 0 Å². The maximum absolute atomic E-state index is 12.2. The number of thiophene rings is 1. The molecule has 106 valence electrons. The number of nitrogens with one attached hydrogen (secondary N) is 1. The van der Waals surface area contributed by atoms with Gasteiger partial charge in [0, 0.05) is 15.0 Å². The van der Waals surface area contributed by atoms with Crippen molar-refractivity contribution in [2.45, 2.75) is 6.04 Å². The molecule has 3 N–H and O–H groups in total. The number of amides is 1. The molecule has 0 saturated heterocycles. The Labute approximate surface area is 134 Å². The zero-order valence-electron chi connectivity index (χ0n) is 11.0. The van der Waals surface area contributed by atoms with Crippen molar-refractivity contribution in [3.63, 3.8) is 0 Å². The van der Waals surface area contributed by atoms with Gasteiger partial charge < -0.3 is 11.1 Å². The van der Waals surface area contributed by atoms with E-state index >= 15 is 0 Å². The van der Waals surface area contributed by atoms with Gasteiger partial charge in [0.05, 0.1) is 0 Å². The predicted molar refractivity (Wildman–Crippen MR) is 91.5 cm³/mol. The second-order valence-electron chi connectivity index (χ2n) is 4.69. The van der Waals surface area contributed by atoms with E-state index in [0.29, 0.717) is 0 Å². The van der Waals surface area contributed by atoms with E-state index < -0.39 is 6.04 Å². The molecular formula is C16H13BrN2OS. The fourth-order valence-corrected chi connectivity index (χ4v) is 3.22. The standard InChI is InChI=1S/C16H13BrN2OS/c17-12-5-3-11-9-13(6-4-10(11)8-12)19-16(20)15(18)14-2-1-7-21-14/h1-9,15H,18H2,(H,19,20). The normalized spacial score (nSPS) is 12.3. The van der Waals surface area contributed by atoms with Gasteiger partial charge in [0.1, 0.15) is 6.04 Å². The largest absolute Gasteiger partial charge is 0.324 e. The number of anilines is 1. The molecule has 2 aromatic carbocycles. The number of carbonyl (C=O) groups excluding carboxylic acids is 1. The smallest absolute Gasteiger partial charge is 0.246 e. The van der Waals surface area contributed by atoms with Gasteiger partial charge in [0.25, 0.3) is 0 Å². The van der Waals surface area contributed by atoms with Gasteiger partial charge in [-0.1, -0.05) is 34.1 Å². The molecule has 0 aliphatic heterocycles. The summed E-state index contributed by atoms with van der Waals surface area (Å²) in [5, 5.41) is 6.97. The van der Waals surface area contributed by atoms with Crippen molar-refractivity contribution in [1.29, 1.82) is 0 Å². The van der Waals surface area contributed by atoms with Crippen LogP contribution in [0.3, 0.4) is 0 Å². The molecule has 5 heteroatoms. The summed E-state index contributed by atoms with van der Waals surface area (Å²) in [5.74, 6) is -0.200. The van der Waals surface area contributed by atoms with Gasteiger partial charge in [-0.05, 0) is 46.5 Å². The lowest BCUT2D eigenvalue weighted by Gasteiger charge is -2.11. The first-order valence-corrected chi connectivity index (χ1v) is 8.10. The third kappa shape index (κ3) is 3.15. The molecule has 0 aliphatic carbocycles. The van der Waals surface area contributed by atoms with Gasteiger partial charge in [-0.15, -0.1) is 11.3 Å². The van der Waals surface area contributed by atoms with E-state index in [9.17, 15) is 4.79 Å². The molecule has 0 fully saturated rings. The second-order valence-corrected chi connectivity index (χ2v) is 6.58. The molecule has 1 unspecified atom stereocenters. The van der Waals surface area contributed by atoms with Crippen molar-refractivity contribution in [2.24, 2.45) is 5.73 Å². The Bertz CT molecular complexity index is 786. The molecule has 0 radical (unpaired) electrons. The molecule has 21 heavy (non-hydrogen) atoms. The Balaban J connectivity index is 1.81. The van der Waals surface area contributed by atoms with Crippen LogP contribution < -0.4 is 11.1 Å². The van der Waals surface area contributed by atoms with Gasteiger partial charge >= 0.3 is 0 Å². The Kier molecular flexibility index (Phi) is 4.05. The van der Waals surface area contributed by atoms with Gasteiger partial charge in [-0.3, -0.25) is 4.79 Å². The summed E-state index contributed by atoms with van der Waals surface area (Å²) < 4.78 is 1.03. The van der Waals surface area contributed by atoms with Gasteiger partial charge in [-0.25, -0.2) is 0 Å². The number of benzene rings is 2. The van der Waals surface area contributed by atoms with Crippen LogP contribution in [0.25, 0.3) is 10.8 Å².